The van der Waals surface area contributed by atoms with Crippen molar-refractivity contribution in [3.8, 4) is 0 Å². The van der Waals surface area contributed by atoms with Crippen molar-refractivity contribution < 1.29 is 0 Å². The summed E-state index contributed by atoms with van der Waals surface area (Å²) in [5, 5.41) is 3.95. The molecule has 3 heteroatoms. The van der Waals surface area contributed by atoms with Gasteiger partial charge in [0.1, 0.15) is 0 Å². The Kier molecular flexibility index (Phi) is 1.55. The minimum atomic E-state index is 0.359. The van der Waals surface area contributed by atoms with Crippen LogP contribution in [0.4, 0.5) is 0 Å². The van der Waals surface area contributed by atoms with E-state index in [9.17, 15) is 0 Å². The van der Waals surface area contributed by atoms with Gasteiger partial charge in [-0.3, -0.25) is 4.98 Å². The van der Waals surface area contributed by atoms with Crippen molar-refractivity contribution in [2.45, 2.75) is 12.5 Å². The Labute approximate surface area is 65.2 Å². The van der Waals surface area contributed by atoms with Crippen LogP contribution in [0, 0.1) is 0 Å². The highest BCUT2D eigenvalue weighted by Gasteiger charge is 2.11. The zero-order valence-corrected chi connectivity index (χ0v) is 6.07. The van der Waals surface area contributed by atoms with Crippen molar-refractivity contribution in [1.82, 2.24) is 10.4 Å². The lowest BCUT2D eigenvalue weighted by Crippen LogP contribution is -2.09. The maximum atomic E-state index is 3.95. The summed E-state index contributed by atoms with van der Waals surface area (Å²) in [4.78, 5) is 3.95. The van der Waals surface area contributed by atoms with E-state index in [1.54, 1.807) is 12.4 Å². The second-order valence-electron chi connectivity index (χ2n) is 2.51. The molecule has 11 heavy (non-hydrogen) atoms. The fourth-order valence-electron chi connectivity index (χ4n) is 1.16. The molecule has 1 aromatic heterocycles. The summed E-state index contributed by atoms with van der Waals surface area (Å²) < 4.78 is 0. The predicted molar refractivity (Wildman–Crippen MR) is 43.2 cm³/mol. The first-order valence-electron chi connectivity index (χ1n) is 3.64. The van der Waals surface area contributed by atoms with Crippen LogP contribution >= 0.6 is 0 Å². The fraction of sp³-hybridized carbons (Fsp3) is 0.250. The van der Waals surface area contributed by atoms with Crippen molar-refractivity contribution in [2.75, 3.05) is 0 Å². The van der Waals surface area contributed by atoms with E-state index in [0.717, 1.165) is 6.42 Å². The molecule has 2 rings (SSSR count). The van der Waals surface area contributed by atoms with Crippen LogP contribution in [-0.2, 0) is 0 Å². The minimum Gasteiger partial charge on any atom is -0.303 e. The molecule has 1 aromatic rings. The van der Waals surface area contributed by atoms with Crippen LogP contribution in [0.25, 0.3) is 0 Å². The van der Waals surface area contributed by atoms with Gasteiger partial charge in [-0.2, -0.15) is 5.10 Å². The Hall–Kier alpha value is -1.38. The lowest BCUT2D eigenvalue weighted by atomic mass is 10.1. The van der Waals surface area contributed by atoms with Gasteiger partial charge in [0.15, 0.2) is 0 Å². The van der Waals surface area contributed by atoms with Gasteiger partial charge in [0, 0.05) is 25.0 Å². The average Bonchev–Trinajstić information content (AvgIpc) is 2.58. The molecule has 3 nitrogen and oxygen atoms in total. The van der Waals surface area contributed by atoms with Crippen molar-refractivity contribution in [2.24, 2.45) is 5.10 Å². The molecule has 0 aliphatic carbocycles. The molecule has 1 N–H and O–H groups in total. The summed E-state index contributed by atoms with van der Waals surface area (Å²) >= 11 is 0. The summed E-state index contributed by atoms with van der Waals surface area (Å²) in [7, 11) is 0. The summed E-state index contributed by atoms with van der Waals surface area (Å²) in [5.74, 6) is 0. The number of hydrazone groups is 1. The highest BCUT2D eigenvalue weighted by atomic mass is 15.3. The molecule has 1 aliphatic heterocycles. The van der Waals surface area contributed by atoms with E-state index >= 15 is 0 Å². The SMILES string of the molecule is C1=NNC(c2ccncc2)C1. The molecule has 0 radical (unpaired) electrons. The standard InChI is InChI=1S/C8H9N3/c1-4-9-5-2-7(1)8-3-6-10-11-8/h1-2,4-6,8,11H,3H2. The molecule has 1 atom stereocenters. The van der Waals surface area contributed by atoms with E-state index in [-0.39, 0.29) is 0 Å². The van der Waals surface area contributed by atoms with E-state index in [1.165, 1.54) is 5.56 Å². The van der Waals surface area contributed by atoms with Gasteiger partial charge in [0.2, 0.25) is 0 Å². The van der Waals surface area contributed by atoms with Crippen LogP contribution in [-0.4, -0.2) is 11.2 Å². The lowest BCUT2D eigenvalue weighted by molar-refractivity contribution is 0.619. The molecule has 0 amide bonds. The lowest BCUT2D eigenvalue weighted by Gasteiger charge is -2.07. The summed E-state index contributed by atoms with van der Waals surface area (Å²) in [6.07, 6.45) is 6.47. The van der Waals surface area contributed by atoms with E-state index in [1.807, 2.05) is 18.3 Å². The maximum absolute atomic E-state index is 3.95. The van der Waals surface area contributed by atoms with Gasteiger partial charge in [0.25, 0.3) is 0 Å². The van der Waals surface area contributed by atoms with E-state index in [4.69, 9.17) is 0 Å². The molecular formula is C8H9N3. The number of nitrogens with zero attached hydrogens (tertiary/aromatic N) is 2. The van der Waals surface area contributed by atoms with Gasteiger partial charge in [-0.05, 0) is 17.7 Å². The van der Waals surface area contributed by atoms with Gasteiger partial charge in [-0.25, -0.2) is 0 Å². The Morgan fingerprint density at radius 1 is 1.36 bits per heavy atom. The second kappa shape index (κ2) is 2.70. The molecule has 1 aliphatic rings. The Morgan fingerprint density at radius 3 is 2.82 bits per heavy atom. The van der Waals surface area contributed by atoms with Gasteiger partial charge in [-0.15, -0.1) is 0 Å². The van der Waals surface area contributed by atoms with E-state index in [2.05, 4.69) is 15.5 Å². The predicted octanol–water partition coefficient (Wildman–Crippen LogP) is 1.10. The first kappa shape index (κ1) is 6.34. The topological polar surface area (TPSA) is 37.3 Å². The molecule has 0 fully saturated rings. The van der Waals surface area contributed by atoms with Crippen molar-refractivity contribution >= 4 is 6.21 Å². The summed E-state index contributed by atoms with van der Waals surface area (Å²) in [6, 6.07) is 4.37. The third kappa shape index (κ3) is 1.22. The zero-order valence-electron chi connectivity index (χ0n) is 6.07. The second-order valence-corrected chi connectivity index (χ2v) is 2.51. The molecule has 0 aromatic carbocycles. The number of hydrogen-bond acceptors (Lipinski definition) is 3. The number of aromatic nitrogens is 1. The zero-order chi connectivity index (χ0) is 7.52. The molecular weight excluding hydrogens is 138 g/mol. The Morgan fingerprint density at radius 2 is 2.18 bits per heavy atom. The Balaban J connectivity index is 2.17. The number of rotatable bonds is 1. The number of hydrogen-bond donors (Lipinski definition) is 1. The van der Waals surface area contributed by atoms with Crippen LogP contribution in [0.5, 0.6) is 0 Å². The third-order valence-corrected chi connectivity index (χ3v) is 1.77. The first-order valence-corrected chi connectivity index (χ1v) is 3.64. The smallest absolute Gasteiger partial charge is 0.0740 e. The maximum Gasteiger partial charge on any atom is 0.0740 e. The van der Waals surface area contributed by atoms with E-state index < -0.39 is 0 Å². The monoisotopic (exact) mass is 147 g/mol. The summed E-state index contributed by atoms with van der Waals surface area (Å²) in [6.45, 7) is 0. The number of nitrogens with one attached hydrogen (secondary N) is 1. The van der Waals surface area contributed by atoms with E-state index in [0.29, 0.717) is 6.04 Å². The largest absolute Gasteiger partial charge is 0.303 e. The minimum absolute atomic E-state index is 0.359. The van der Waals surface area contributed by atoms with Gasteiger partial charge >= 0.3 is 0 Å². The van der Waals surface area contributed by atoms with Crippen LogP contribution in [0.15, 0.2) is 29.6 Å². The van der Waals surface area contributed by atoms with Gasteiger partial charge < -0.3 is 5.43 Å². The fourth-order valence-corrected chi connectivity index (χ4v) is 1.16. The molecule has 0 saturated carbocycles. The van der Waals surface area contributed by atoms with Crippen LogP contribution in [0.1, 0.15) is 18.0 Å². The Bertz CT molecular complexity index is 247. The van der Waals surface area contributed by atoms with Crippen molar-refractivity contribution in [1.29, 1.82) is 0 Å². The molecule has 56 valence electrons. The van der Waals surface area contributed by atoms with Gasteiger partial charge in [-0.1, -0.05) is 0 Å². The molecule has 0 saturated heterocycles. The normalized spacial score (nSPS) is 21.6. The molecule has 0 bridgehead atoms. The molecule has 0 spiro atoms. The number of pyridine rings is 1. The third-order valence-electron chi connectivity index (χ3n) is 1.77. The van der Waals surface area contributed by atoms with Crippen molar-refractivity contribution in [3.63, 3.8) is 0 Å². The van der Waals surface area contributed by atoms with Gasteiger partial charge in [0.05, 0.1) is 6.04 Å². The van der Waals surface area contributed by atoms with Crippen LogP contribution in [0.2, 0.25) is 0 Å². The van der Waals surface area contributed by atoms with Crippen molar-refractivity contribution in [3.05, 3.63) is 30.1 Å². The molecule has 2 heterocycles. The molecule has 1 unspecified atom stereocenters. The first-order chi connectivity index (χ1) is 5.47. The average molecular weight is 147 g/mol. The highest BCUT2D eigenvalue weighted by molar-refractivity contribution is 5.60. The van der Waals surface area contributed by atoms with Crippen LogP contribution in [0.3, 0.4) is 0 Å². The summed E-state index contributed by atoms with van der Waals surface area (Å²) in [5.41, 5.74) is 4.26. The van der Waals surface area contributed by atoms with Crippen LogP contribution < -0.4 is 5.43 Å². The highest BCUT2D eigenvalue weighted by Crippen LogP contribution is 2.16. The quantitative estimate of drug-likeness (QED) is 0.645.